The largest absolute Gasteiger partial charge is 0.504 e. The van der Waals surface area contributed by atoms with Crippen LogP contribution in [0.2, 0.25) is 10.0 Å². The van der Waals surface area contributed by atoms with Gasteiger partial charge < -0.3 is 14.9 Å². The Hall–Kier alpha value is -2.21. The quantitative estimate of drug-likeness (QED) is 0.732. The number of halogens is 2. The molecule has 1 heterocycles. The van der Waals surface area contributed by atoms with Gasteiger partial charge in [0.2, 0.25) is 0 Å². The van der Waals surface area contributed by atoms with Crippen LogP contribution in [-0.4, -0.2) is 27.1 Å². The molecule has 0 saturated heterocycles. The third-order valence-corrected chi connectivity index (χ3v) is 4.11. The zero-order chi connectivity index (χ0) is 17.3. The van der Waals surface area contributed by atoms with Crippen molar-refractivity contribution in [2.45, 2.75) is 6.61 Å². The van der Waals surface area contributed by atoms with Crippen LogP contribution < -0.4 is 4.74 Å². The normalized spacial score (nSPS) is 10.8. The van der Waals surface area contributed by atoms with E-state index < -0.39 is 0 Å². The van der Waals surface area contributed by atoms with Crippen LogP contribution in [0.5, 0.6) is 11.5 Å². The highest BCUT2D eigenvalue weighted by Crippen LogP contribution is 2.33. The van der Waals surface area contributed by atoms with Crippen molar-refractivity contribution in [3.05, 3.63) is 58.2 Å². The molecule has 0 aliphatic rings. The number of benzene rings is 2. The maximum atomic E-state index is 9.72. The van der Waals surface area contributed by atoms with Crippen LogP contribution in [0.1, 0.15) is 5.56 Å². The van der Waals surface area contributed by atoms with Gasteiger partial charge in [0.25, 0.3) is 0 Å². The summed E-state index contributed by atoms with van der Waals surface area (Å²) in [5.74, 6) is 0.363. The Morgan fingerprint density at radius 3 is 2.62 bits per heavy atom. The fourth-order valence-corrected chi connectivity index (χ4v) is 2.88. The van der Waals surface area contributed by atoms with Crippen molar-refractivity contribution in [2.24, 2.45) is 0 Å². The van der Waals surface area contributed by atoms with E-state index in [2.05, 4.69) is 5.10 Å². The van der Waals surface area contributed by atoms with E-state index in [1.165, 1.54) is 13.2 Å². The van der Waals surface area contributed by atoms with E-state index in [1.54, 1.807) is 41.2 Å². The molecule has 3 aromatic rings. The number of aromatic hydroxyl groups is 1. The van der Waals surface area contributed by atoms with Gasteiger partial charge in [0.15, 0.2) is 11.5 Å². The monoisotopic (exact) mass is 364 g/mol. The van der Waals surface area contributed by atoms with Gasteiger partial charge in [-0.2, -0.15) is 5.10 Å². The number of rotatable bonds is 4. The second-order valence-electron chi connectivity index (χ2n) is 5.09. The van der Waals surface area contributed by atoms with Gasteiger partial charge in [-0.25, -0.2) is 4.68 Å². The number of nitrogens with zero attached hydrogens (tertiary/aromatic N) is 2. The molecule has 0 unspecified atom stereocenters. The van der Waals surface area contributed by atoms with E-state index in [4.69, 9.17) is 27.9 Å². The summed E-state index contributed by atoms with van der Waals surface area (Å²) in [7, 11) is 1.47. The van der Waals surface area contributed by atoms with Crippen molar-refractivity contribution < 1.29 is 14.9 Å². The van der Waals surface area contributed by atoms with Crippen LogP contribution in [0, 0.1) is 0 Å². The summed E-state index contributed by atoms with van der Waals surface area (Å²) in [4.78, 5) is 0. The molecule has 0 radical (unpaired) electrons. The Morgan fingerprint density at radius 1 is 1.17 bits per heavy atom. The van der Waals surface area contributed by atoms with Crippen LogP contribution in [0.25, 0.3) is 16.9 Å². The third kappa shape index (κ3) is 3.06. The van der Waals surface area contributed by atoms with Crippen LogP contribution in [0.3, 0.4) is 0 Å². The first kappa shape index (κ1) is 16.6. The van der Waals surface area contributed by atoms with Gasteiger partial charge in [0.05, 0.1) is 30.1 Å². The molecule has 0 atom stereocenters. The Bertz CT molecular complexity index is 894. The molecule has 3 rings (SSSR count). The predicted molar refractivity (Wildman–Crippen MR) is 93.2 cm³/mol. The Labute approximate surface area is 148 Å². The fraction of sp³-hybridized carbons (Fsp3) is 0.118. The van der Waals surface area contributed by atoms with Gasteiger partial charge in [0.1, 0.15) is 0 Å². The number of hydrogen-bond donors (Lipinski definition) is 2. The number of ether oxygens (including phenoxy) is 1. The second-order valence-corrected chi connectivity index (χ2v) is 5.93. The SMILES string of the molecule is COc1cc(-c2nn(-c3ccc(Cl)cc3Cl)cc2CO)ccc1O. The number of hydrogen-bond acceptors (Lipinski definition) is 4. The van der Waals surface area contributed by atoms with Crippen LogP contribution in [0.4, 0.5) is 0 Å². The molecule has 0 fully saturated rings. The Morgan fingerprint density at radius 2 is 1.96 bits per heavy atom. The van der Waals surface area contributed by atoms with Gasteiger partial charge in [-0.05, 0) is 36.4 Å². The molecule has 0 amide bonds. The van der Waals surface area contributed by atoms with Crippen LogP contribution >= 0.6 is 23.2 Å². The number of aromatic nitrogens is 2. The molecule has 0 aliphatic carbocycles. The lowest BCUT2D eigenvalue weighted by Crippen LogP contribution is -1.96. The zero-order valence-corrected chi connectivity index (χ0v) is 14.2. The molecule has 5 nitrogen and oxygen atoms in total. The minimum atomic E-state index is -0.191. The summed E-state index contributed by atoms with van der Waals surface area (Å²) in [6, 6.07) is 9.97. The lowest BCUT2D eigenvalue weighted by atomic mass is 10.1. The van der Waals surface area contributed by atoms with E-state index in [0.29, 0.717) is 38.3 Å². The van der Waals surface area contributed by atoms with Gasteiger partial charge in [-0.1, -0.05) is 23.2 Å². The van der Waals surface area contributed by atoms with Gasteiger partial charge in [-0.15, -0.1) is 0 Å². The molecular weight excluding hydrogens is 351 g/mol. The first-order valence-corrected chi connectivity index (χ1v) is 7.81. The summed E-state index contributed by atoms with van der Waals surface area (Å²) < 4.78 is 6.70. The number of aliphatic hydroxyl groups is 1. The van der Waals surface area contributed by atoms with Crippen molar-refractivity contribution in [2.75, 3.05) is 7.11 Å². The summed E-state index contributed by atoms with van der Waals surface area (Å²) in [5, 5.41) is 24.9. The van der Waals surface area contributed by atoms with Gasteiger partial charge >= 0.3 is 0 Å². The number of phenolic OH excluding ortho intramolecular Hbond substituents is 1. The molecule has 1 aromatic heterocycles. The predicted octanol–water partition coefficient (Wildman–Crippen LogP) is 4.05. The van der Waals surface area contributed by atoms with Crippen molar-refractivity contribution in [1.82, 2.24) is 9.78 Å². The standard InChI is InChI=1S/C17H14Cl2N2O3/c1-24-16-6-10(2-5-15(16)23)17-11(9-22)8-21(20-17)14-4-3-12(18)7-13(14)19/h2-8,22-23H,9H2,1H3. The van der Waals surface area contributed by atoms with E-state index in [9.17, 15) is 10.2 Å². The third-order valence-electron chi connectivity index (χ3n) is 3.57. The molecule has 124 valence electrons. The smallest absolute Gasteiger partial charge is 0.161 e. The number of methoxy groups -OCH3 is 1. The Kier molecular flexibility index (Phi) is 4.66. The maximum Gasteiger partial charge on any atom is 0.161 e. The Balaban J connectivity index is 2.11. The lowest BCUT2D eigenvalue weighted by molar-refractivity contribution is 0.282. The van der Waals surface area contributed by atoms with Crippen molar-refractivity contribution in [1.29, 1.82) is 0 Å². The summed E-state index contributed by atoms with van der Waals surface area (Å²) >= 11 is 12.1. The molecule has 24 heavy (non-hydrogen) atoms. The maximum absolute atomic E-state index is 9.72. The topological polar surface area (TPSA) is 67.5 Å². The molecule has 2 N–H and O–H groups in total. The van der Waals surface area contributed by atoms with E-state index >= 15 is 0 Å². The van der Waals surface area contributed by atoms with Gasteiger partial charge in [0, 0.05) is 22.3 Å². The summed E-state index contributed by atoms with van der Waals surface area (Å²) in [6.07, 6.45) is 1.70. The van der Waals surface area contributed by atoms with Crippen molar-refractivity contribution in [3.63, 3.8) is 0 Å². The van der Waals surface area contributed by atoms with E-state index in [1.807, 2.05) is 0 Å². The minimum absolute atomic E-state index is 0.0342. The highest BCUT2D eigenvalue weighted by Gasteiger charge is 2.15. The van der Waals surface area contributed by atoms with Gasteiger partial charge in [-0.3, -0.25) is 0 Å². The second kappa shape index (κ2) is 6.73. The molecule has 0 spiro atoms. The zero-order valence-electron chi connectivity index (χ0n) is 12.7. The summed E-state index contributed by atoms with van der Waals surface area (Å²) in [6.45, 7) is -0.191. The molecule has 0 aliphatic heterocycles. The number of phenols is 1. The van der Waals surface area contributed by atoms with Crippen LogP contribution in [0.15, 0.2) is 42.6 Å². The molecular formula is C17H14Cl2N2O3. The minimum Gasteiger partial charge on any atom is -0.504 e. The molecule has 0 bridgehead atoms. The van der Waals surface area contributed by atoms with Crippen molar-refractivity contribution >= 4 is 23.2 Å². The first-order chi connectivity index (χ1) is 11.5. The molecule has 7 heteroatoms. The average molecular weight is 365 g/mol. The molecule has 0 saturated carbocycles. The van der Waals surface area contributed by atoms with Crippen molar-refractivity contribution in [3.8, 4) is 28.4 Å². The summed E-state index contributed by atoms with van der Waals surface area (Å²) in [5.41, 5.74) is 2.54. The highest BCUT2D eigenvalue weighted by molar-refractivity contribution is 6.35. The highest BCUT2D eigenvalue weighted by atomic mass is 35.5. The average Bonchev–Trinajstić information content (AvgIpc) is 2.99. The molecule has 2 aromatic carbocycles. The first-order valence-electron chi connectivity index (χ1n) is 7.05. The lowest BCUT2D eigenvalue weighted by Gasteiger charge is -2.06. The fourth-order valence-electron chi connectivity index (χ4n) is 2.38. The van der Waals surface area contributed by atoms with E-state index in [0.717, 1.165) is 0 Å². The van der Waals surface area contributed by atoms with E-state index in [-0.39, 0.29) is 12.4 Å². The van der Waals surface area contributed by atoms with Crippen LogP contribution in [-0.2, 0) is 6.61 Å². The number of aliphatic hydroxyl groups excluding tert-OH is 1.